The van der Waals surface area contributed by atoms with Crippen LogP contribution in [-0.4, -0.2) is 45.9 Å². The van der Waals surface area contributed by atoms with Crippen LogP contribution in [0, 0.1) is 0 Å². The van der Waals surface area contributed by atoms with E-state index in [2.05, 4.69) is 10.6 Å². The molecule has 0 aliphatic rings. The minimum Gasteiger partial charge on any atom is -0.478 e. The number of rotatable bonds is 9. The highest BCUT2D eigenvalue weighted by Crippen LogP contribution is 2.27. The summed E-state index contributed by atoms with van der Waals surface area (Å²) >= 11 is 0. The third-order valence-electron chi connectivity index (χ3n) is 6.07. The Bertz CT molecular complexity index is 1660. The van der Waals surface area contributed by atoms with Crippen molar-refractivity contribution >= 4 is 47.1 Å². The standard InChI is InChI=1S/C32H24N2O10/c1-17(35)43-23-9-5-21(6-10-23)33-29(37)25-13-3-19(15-27(25)31(39)40)20-4-14-26(28(16-20)32(41)42)30(38)34-22-7-11-24(12-8-22)44-18(2)36/h3-16H,1-2H3,(H,33,37)(H,34,38)(H,39,40)(H,41,42). The van der Waals surface area contributed by atoms with E-state index in [1.807, 2.05) is 0 Å². The van der Waals surface area contributed by atoms with Gasteiger partial charge in [0.15, 0.2) is 0 Å². The molecule has 4 N–H and O–H groups in total. The summed E-state index contributed by atoms with van der Waals surface area (Å²) < 4.78 is 9.89. The van der Waals surface area contributed by atoms with Crippen LogP contribution >= 0.6 is 0 Å². The number of anilines is 2. The predicted molar refractivity (Wildman–Crippen MR) is 157 cm³/mol. The molecule has 0 fully saturated rings. The molecule has 0 aliphatic heterocycles. The van der Waals surface area contributed by atoms with Crippen molar-refractivity contribution in [3.8, 4) is 22.6 Å². The number of nitrogens with one attached hydrogen (secondary N) is 2. The second kappa shape index (κ2) is 13.1. The Morgan fingerprint density at radius 1 is 0.500 bits per heavy atom. The fourth-order valence-electron chi connectivity index (χ4n) is 4.14. The molecule has 0 bridgehead atoms. The zero-order valence-corrected chi connectivity index (χ0v) is 23.2. The largest absolute Gasteiger partial charge is 0.478 e. The molecule has 4 rings (SSSR count). The molecular weight excluding hydrogens is 572 g/mol. The Balaban J connectivity index is 1.57. The van der Waals surface area contributed by atoms with Crippen LogP contribution in [0.2, 0.25) is 0 Å². The lowest BCUT2D eigenvalue weighted by Crippen LogP contribution is -2.17. The molecule has 44 heavy (non-hydrogen) atoms. The number of carbonyl (C=O) groups is 6. The van der Waals surface area contributed by atoms with Gasteiger partial charge < -0.3 is 30.3 Å². The molecule has 0 saturated heterocycles. The first-order chi connectivity index (χ1) is 20.9. The molecule has 0 aromatic heterocycles. The van der Waals surface area contributed by atoms with Crippen LogP contribution in [0.15, 0.2) is 84.9 Å². The Labute approximate surface area is 249 Å². The Morgan fingerprint density at radius 3 is 1.14 bits per heavy atom. The summed E-state index contributed by atoms with van der Waals surface area (Å²) in [5.74, 6) is -4.69. The maximum atomic E-state index is 12.9. The lowest BCUT2D eigenvalue weighted by Gasteiger charge is -2.13. The topological polar surface area (TPSA) is 185 Å². The average molecular weight is 597 g/mol. The summed E-state index contributed by atoms with van der Waals surface area (Å²) in [7, 11) is 0. The molecule has 4 aromatic rings. The van der Waals surface area contributed by atoms with Crippen molar-refractivity contribution < 1.29 is 48.5 Å². The van der Waals surface area contributed by atoms with Crippen LogP contribution in [0.3, 0.4) is 0 Å². The summed E-state index contributed by atoms with van der Waals surface area (Å²) in [6.07, 6.45) is 0. The number of carboxylic acids is 2. The van der Waals surface area contributed by atoms with Crippen molar-refractivity contribution in [3.05, 3.63) is 107 Å². The molecule has 0 saturated carbocycles. The molecular formula is C32H24N2O10. The summed E-state index contributed by atoms with van der Waals surface area (Å²) in [4.78, 5) is 72.2. The van der Waals surface area contributed by atoms with Gasteiger partial charge in [-0.15, -0.1) is 0 Å². The van der Waals surface area contributed by atoms with E-state index in [0.29, 0.717) is 22.5 Å². The quantitative estimate of drug-likeness (QED) is 0.150. The van der Waals surface area contributed by atoms with Gasteiger partial charge in [0.05, 0.1) is 22.3 Å². The molecule has 0 heterocycles. The van der Waals surface area contributed by atoms with Crippen molar-refractivity contribution in [1.29, 1.82) is 0 Å². The van der Waals surface area contributed by atoms with Gasteiger partial charge in [-0.05, 0) is 83.9 Å². The van der Waals surface area contributed by atoms with Crippen molar-refractivity contribution in [2.45, 2.75) is 13.8 Å². The Morgan fingerprint density at radius 2 is 0.841 bits per heavy atom. The predicted octanol–water partition coefficient (Wildman–Crippen LogP) is 5.11. The van der Waals surface area contributed by atoms with Crippen molar-refractivity contribution in [1.82, 2.24) is 0 Å². The molecule has 0 spiro atoms. The van der Waals surface area contributed by atoms with Gasteiger partial charge in [-0.2, -0.15) is 0 Å². The number of ether oxygens (including phenoxy) is 2. The number of carboxylic acid groups (broad SMARTS) is 2. The number of aromatic carboxylic acids is 2. The molecule has 12 heteroatoms. The molecule has 0 unspecified atom stereocenters. The molecule has 0 aliphatic carbocycles. The van der Waals surface area contributed by atoms with Crippen LogP contribution < -0.4 is 20.1 Å². The summed E-state index contributed by atoms with van der Waals surface area (Å²) in [5.41, 5.74) is 0.248. The van der Waals surface area contributed by atoms with Crippen molar-refractivity contribution in [2.75, 3.05) is 10.6 Å². The second-order valence-corrected chi connectivity index (χ2v) is 9.28. The molecule has 0 atom stereocenters. The third-order valence-corrected chi connectivity index (χ3v) is 6.07. The lowest BCUT2D eigenvalue weighted by atomic mass is 9.95. The lowest BCUT2D eigenvalue weighted by molar-refractivity contribution is -0.132. The van der Waals surface area contributed by atoms with Crippen LogP contribution in [0.1, 0.15) is 55.3 Å². The number of carbonyl (C=O) groups excluding carboxylic acids is 4. The van der Waals surface area contributed by atoms with E-state index in [9.17, 15) is 39.0 Å². The minimum absolute atomic E-state index is 0.153. The zero-order chi connectivity index (χ0) is 32.0. The SMILES string of the molecule is CC(=O)Oc1ccc(NC(=O)c2ccc(-c3ccc(C(=O)Nc4ccc(OC(C)=O)cc4)c(C(=O)O)c3)cc2C(=O)O)cc1. The fourth-order valence-corrected chi connectivity index (χ4v) is 4.14. The van der Waals surface area contributed by atoms with Gasteiger partial charge >= 0.3 is 23.9 Å². The van der Waals surface area contributed by atoms with E-state index in [4.69, 9.17) is 9.47 Å². The van der Waals surface area contributed by atoms with E-state index in [1.165, 1.54) is 98.8 Å². The molecule has 4 aromatic carbocycles. The third kappa shape index (κ3) is 7.50. The van der Waals surface area contributed by atoms with Crippen LogP contribution in [0.4, 0.5) is 11.4 Å². The smallest absolute Gasteiger partial charge is 0.336 e. The number of esters is 2. The molecule has 2 amide bonds. The first kappa shape index (κ1) is 30.7. The van der Waals surface area contributed by atoms with Crippen molar-refractivity contribution in [2.24, 2.45) is 0 Å². The van der Waals surface area contributed by atoms with E-state index in [1.54, 1.807) is 0 Å². The van der Waals surface area contributed by atoms with E-state index in [-0.39, 0.29) is 33.8 Å². The normalized spacial score (nSPS) is 10.3. The maximum Gasteiger partial charge on any atom is 0.336 e. The van der Waals surface area contributed by atoms with E-state index in [0.717, 1.165) is 0 Å². The van der Waals surface area contributed by atoms with Gasteiger partial charge in [0.25, 0.3) is 11.8 Å². The van der Waals surface area contributed by atoms with Crippen LogP contribution in [0.5, 0.6) is 11.5 Å². The van der Waals surface area contributed by atoms with Gasteiger partial charge in [0, 0.05) is 25.2 Å². The summed E-state index contributed by atoms with van der Waals surface area (Å²) in [6.45, 7) is 2.49. The minimum atomic E-state index is -1.39. The second-order valence-electron chi connectivity index (χ2n) is 9.28. The average Bonchev–Trinajstić information content (AvgIpc) is 2.98. The molecule has 0 radical (unpaired) electrons. The number of hydrogen-bond donors (Lipinski definition) is 4. The van der Waals surface area contributed by atoms with Gasteiger partial charge in [0.2, 0.25) is 0 Å². The maximum absolute atomic E-state index is 12.9. The molecule has 222 valence electrons. The van der Waals surface area contributed by atoms with Crippen LogP contribution in [-0.2, 0) is 9.59 Å². The fraction of sp³-hybridized carbons (Fsp3) is 0.0625. The van der Waals surface area contributed by atoms with Crippen molar-refractivity contribution in [3.63, 3.8) is 0 Å². The highest BCUT2D eigenvalue weighted by atomic mass is 16.5. The van der Waals surface area contributed by atoms with Crippen LogP contribution in [0.25, 0.3) is 11.1 Å². The van der Waals surface area contributed by atoms with Gasteiger partial charge in [-0.25, -0.2) is 9.59 Å². The number of hydrogen-bond acceptors (Lipinski definition) is 8. The summed E-state index contributed by atoms with van der Waals surface area (Å²) in [5, 5.41) is 24.8. The first-order valence-corrected chi connectivity index (χ1v) is 12.9. The van der Waals surface area contributed by atoms with E-state index < -0.39 is 35.7 Å². The monoisotopic (exact) mass is 596 g/mol. The number of amides is 2. The Hall–Kier alpha value is -6.30. The highest BCUT2D eigenvalue weighted by Gasteiger charge is 2.21. The first-order valence-electron chi connectivity index (χ1n) is 12.9. The van der Waals surface area contributed by atoms with Gasteiger partial charge in [-0.1, -0.05) is 12.1 Å². The highest BCUT2D eigenvalue weighted by molar-refractivity contribution is 6.12. The molecule has 12 nitrogen and oxygen atoms in total. The Kier molecular flexibility index (Phi) is 9.14. The number of benzene rings is 4. The zero-order valence-electron chi connectivity index (χ0n) is 23.2. The van der Waals surface area contributed by atoms with E-state index >= 15 is 0 Å². The summed E-state index contributed by atoms with van der Waals surface area (Å²) in [6, 6.07) is 19.7. The van der Waals surface area contributed by atoms with Gasteiger partial charge in [0.1, 0.15) is 11.5 Å². The van der Waals surface area contributed by atoms with Gasteiger partial charge in [-0.3, -0.25) is 19.2 Å².